The molecule has 0 bridgehead atoms. The minimum Gasteiger partial charge on any atom is -0.481 e. The molecule has 92 valence electrons. The molecular weight excluding hydrogens is 204 g/mol. The van der Waals surface area contributed by atoms with Crippen molar-refractivity contribution in [3.8, 4) is 6.07 Å². The SMILES string of the molecule is CC(CCCC(C)C(=O)O)NCCCC#N. The Morgan fingerprint density at radius 2 is 2.06 bits per heavy atom. The molecular formula is C12H22N2O2. The number of nitriles is 1. The lowest BCUT2D eigenvalue weighted by molar-refractivity contribution is -0.141. The fourth-order valence-corrected chi connectivity index (χ4v) is 1.47. The van der Waals surface area contributed by atoms with Crippen molar-refractivity contribution < 1.29 is 9.90 Å². The van der Waals surface area contributed by atoms with Gasteiger partial charge in [-0.25, -0.2) is 0 Å². The van der Waals surface area contributed by atoms with E-state index in [-0.39, 0.29) is 5.92 Å². The third-order valence-corrected chi connectivity index (χ3v) is 2.65. The number of nitrogens with one attached hydrogen (secondary N) is 1. The van der Waals surface area contributed by atoms with Crippen LogP contribution in [0.15, 0.2) is 0 Å². The second-order valence-electron chi connectivity index (χ2n) is 4.29. The molecule has 2 N–H and O–H groups in total. The summed E-state index contributed by atoms with van der Waals surface area (Å²) in [5.41, 5.74) is 0. The lowest BCUT2D eigenvalue weighted by atomic mass is 10.0. The molecule has 16 heavy (non-hydrogen) atoms. The van der Waals surface area contributed by atoms with Gasteiger partial charge in [0.05, 0.1) is 12.0 Å². The second-order valence-corrected chi connectivity index (χ2v) is 4.29. The van der Waals surface area contributed by atoms with Crippen molar-refractivity contribution in [2.45, 2.75) is 52.0 Å². The van der Waals surface area contributed by atoms with Gasteiger partial charge in [0.1, 0.15) is 0 Å². The maximum absolute atomic E-state index is 10.6. The Bertz CT molecular complexity index is 236. The molecule has 2 atom stereocenters. The summed E-state index contributed by atoms with van der Waals surface area (Å²) in [5, 5.41) is 20.4. The van der Waals surface area contributed by atoms with Crippen LogP contribution >= 0.6 is 0 Å². The molecule has 0 aromatic carbocycles. The summed E-state index contributed by atoms with van der Waals surface area (Å²) in [6.07, 6.45) is 4.13. The fraction of sp³-hybridized carbons (Fsp3) is 0.833. The van der Waals surface area contributed by atoms with Crippen LogP contribution in [0.25, 0.3) is 0 Å². The third-order valence-electron chi connectivity index (χ3n) is 2.65. The summed E-state index contributed by atoms with van der Waals surface area (Å²) in [7, 11) is 0. The van der Waals surface area contributed by atoms with E-state index in [0.29, 0.717) is 12.5 Å². The van der Waals surface area contributed by atoms with Gasteiger partial charge in [-0.3, -0.25) is 4.79 Å². The standard InChI is InChI=1S/C12H22N2O2/c1-10(12(15)16)6-5-7-11(2)14-9-4-3-8-13/h10-11,14H,3-7,9H2,1-2H3,(H,15,16). The normalized spacial score (nSPS) is 14.1. The van der Waals surface area contributed by atoms with Gasteiger partial charge in [-0.1, -0.05) is 13.3 Å². The van der Waals surface area contributed by atoms with E-state index in [9.17, 15) is 4.79 Å². The predicted octanol–water partition coefficient (Wildman–Crippen LogP) is 2.16. The highest BCUT2D eigenvalue weighted by Crippen LogP contribution is 2.09. The van der Waals surface area contributed by atoms with Crippen LogP contribution in [0.4, 0.5) is 0 Å². The Morgan fingerprint density at radius 3 is 2.62 bits per heavy atom. The monoisotopic (exact) mass is 226 g/mol. The van der Waals surface area contributed by atoms with Crippen LogP contribution in [0.1, 0.15) is 46.0 Å². The molecule has 0 aromatic rings. The van der Waals surface area contributed by atoms with E-state index < -0.39 is 5.97 Å². The van der Waals surface area contributed by atoms with Crippen LogP contribution in [0.5, 0.6) is 0 Å². The minimum absolute atomic E-state index is 0.245. The molecule has 2 unspecified atom stereocenters. The smallest absolute Gasteiger partial charge is 0.306 e. The maximum atomic E-state index is 10.6. The summed E-state index contributed by atoms with van der Waals surface area (Å²) in [6.45, 7) is 4.70. The first-order valence-electron chi connectivity index (χ1n) is 5.91. The Labute approximate surface area is 97.7 Å². The van der Waals surface area contributed by atoms with Crippen molar-refractivity contribution in [1.29, 1.82) is 5.26 Å². The lowest BCUT2D eigenvalue weighted by Crippen LogP contribution is -2.27. The van der Waals surface area contributed by atoms with Gasteiger partial charge in [0.15, 0.2) is 0 Å². The van der Waals surface area contributed by atoms with Crippen LogP contribution in [0.2, 0.25) is 0 Å². The quantitative estimate of drug-likeness (QED) is 0.591. The van der Waals surface area contributed by atoms with E-state index >= 15 is 0 Å². The largest absolute Gasteiger partial charge is 0.481 e. The number of nitrogens with zero attached hydrogens (tertiary/aromatic N) is 1. The Balaban J connectivity index is 3.40. The highest BCUT2D eigenvalue weighted by atomic mass is 16.4. The molecule has 0 saturated heterocycles. The second kappa shape index (κ2) is 9.17. The molecule has 0 amide bonds. The Kier molecular flexibility index (Phi) is 8.55. The first-order valence-corrected chi connectivity index (χ1v) is 5.91. The van der Waals surface area contributed by atoms with E-state index in [1.54, 1.807) is 6.92 Å². The number of carboxylic acids is 1. The highest BCUT2D eigenvalue weighted by Gasteiger charge is 2.10. The van der Waals surface area contributed by atoms with Crippen molar-refractivity contribution >= 4 is 5.97 Å². The van der Waals surface area contributed by atoms with Crippen LogP contribution in [-0.4, -0.2) is 23.7 Å². The molecule has 0 aliphatic carbocycles. The Morgan fingerprint density at radius 1 is 1.38 bits per heavy atom. The van der Waals surface area contributed by atoms with Gasteiger partial charge < -0.3 is 10.4 Å². The molecule has 0 fully saturated rings. The minimum atomic E-state index is -0.713. The van der Waals surface area contributed by atoms with Crippen molar-refractivity contribution in [2.24, 2.45) is 5.92 Å². The van der Waals surface area contributed by atoms with E-state index in [2.05, 4.69) is 18.3 Å². The van der Waals surface area contributed by atoms with Gasteiger partial charge in [-0.05, 0) is 32.7 Å². The average Bonchev–Trinajstić information content (AvgIpc) is 2.24. The number of aliphatic carboxylic acids is 1. The van der Waals surface area contributed by atoms with Crippen LogP contribution < -0.4 is 5.32 Å². The van der Waals surface area contributed by atoms with Crippen molar-refractivity contribution in [2.75, 3.05) is 6.54 Å². The maximum Gasteiger partial charge on any atom is 0.306 e. The van der Waals surface area contributed by atoms with Gasteiger partial charge >= 0.3 is 5.97 Å². The van der Waals surface area contributed by atoms with E-state index in [1.807, 2.05) is 0 Å². The molecule has 0 spiro atoms. The van der Waals surface area contributed by atoms with Crippen molar-refractivity contribution in [1.82, 2.24) is 5.32 Å². The van der Waals surface area contributed by atoms with Gasteiger partial charge in [0, 0.05) is 12.5 Å². The number of unbranched alkanes of at least 4 members (excludes halogenated alkanes) is 1. The van der Waals surface area contributed by atoms with Crippen LogP contribution in [-0.2, 0) is 4.79 Å². The van der Waals surface area contributed by atoms with Crippen molar-refractivity contribution in [3.05, 3.63) is 0 Å². The van der Waals surface area contributed by atoms with Crippen molar-refractivity contribution in [3.63, 3.8) is 0 Å². The van der Waals surface area contributed by atoms with Gasteiger partial charge in [-0.2, -0.15) is 5.26 Å². The zero-order chi connectivity index (χ0) is 12.4. The summed E-state index contributed by atoms with van der Waals surface area (Å²) in [6, 6.07) is 2.51. The molecule has 0 saturated carbocycles. The Hall–Kier alpha value is -1.08. The molecule has 0 aliphatic heterocycles. The average molecular weight is 226 g/mol. The lowest BCUT2D eigenvalue weighted by Gasteiger charge is -2.13. The van der Waals surface area contributed by atoms with Crippen LogP contribution in [0, 0.1) is 17.2 Å². The van der Waals surface area contributed by atoms with Gasteiger partial charge in [0.2, 0.25) is 0 Å². The summed E-state index contributed by atoms with van der Waals surface area (Å²) < 4.78 is 0. The number of carbonyl (C=O) groups is 1. The summed E-state index contributed by atoms with van der Waals surface area (Å²) >= 11 is 0. The van der Waals surface area contributed by atoms with E-state index in [0.717, 1.165) is 32.2 Å². The molecule has 4 nitrogen and oxygen atoms in total. The first kappa shape index (κ1) is 14.9. The zero-order valence-electron chi connectivity index (χ0n) is 10.2. The first-order chi connectivity index (χ1) is 7.57. The fourth-order valence-electron chi connectivity index (χ4n) is 1.47. The third kappa shape index (κ3) is 8.25. The molecule has 0 radical (unpaired) electrons. The highest BCUT2D eigenvalue weighted by molar-refractivity contribution is 5.69. The topological polar surface area (TPSA) is 73.1 Å². The molecule has 0 rings (SSSR count). The van der Waals surface area contributed by atoms with Crippen LogP contribution in [0.3, 0.4) is 0 Å². The summed E-state index contributed by atoms with van der Waals surface area (Å²) in [5.74, 6) is -0.958. The van der Waals surface area contributed by atoms with Gasteiger partial charge in [-0.15, -0.1) is 0 Å². The molecule has 0 aliphatic rings. The molecule has 0 aromatic heterocycles. The van der Waals surface area contributed by atoms with Gasteiger partial charge in [0.25, 0.3) is 0 Å². The number of hydrogen-bond acceptors (Lipinski definition) is 3. The predicted molar refractivity (Wildman–Crippen MR) is 63.0 cm³/mol. The van der Waals surface area contributed by atoms with E-state index in [1.165, 1.54) is 0 Å². The molecule has 4 heteroatoms. The number of rotatable bonds is 9. The van der Waals surface area contributed by atoms with E-state index in [4.69, 9.17) is 10.4 Å². The summed E-state index contributed by atoms with van der Waals surface area (Å²) in [4.78, 5) is 10.6. The molecule has 0 heterocycles. The number of carboxylic acid groups (broad SMARTS) is 1. The zero-order valence-corrected chi connectivity index (χ0v) is 10.2. The number of hydrogen-bond donors (Lipinski definition) is 2.